The minimum Gasteiger partial charge on any atom is -0.395 e. The minimum absolute atomic E-state index is 0.257. The van der Waals surface area contributed by atoms with Gasteiger partial charge in [-0.25, -0.2) is 0 Å². The lowest BCUT2D eigenvalue weighted by atomic mass is 9.82. The van der Waals surface area contributed by atoms with Gasteiger partial charge in [0.05, 0.1) is 6.61 Å². The highest BCUT2D eigenvalue weighted by molar-refractivity contribution is 4.85. The summed E-state index contributed by atoms with van der Waals surface area (Å²) >= 11 is 0. The Hall–Kier alpha value is -0.0800. The summed E-state index contributed by atoms with van der Waals surface area (Å²) in [5, 5.41) is 11.9. The predicted molar refractivity (Wildman–Crippen MR) is 51.1 cm³/mol. The summed E-state index contributed by atoms with van der Waals surface area (Å²) in [6, 6.07) is 0. The van der Waals surface area contributed by atoms with E-state index in [1.165, 1.54) is 19.3 Å². The molecule has 0 spiro atoms. The Kier molecular flexibility index (Phi) is 3.53. The molecule has 0 heterocycles. The second-order valence-corrected chi connectivity index (χ2v) is 4.51. The molecule has 1 saturated carbocycles. The monoisotopic (exact) mass is 171 g/mol. The van der Waals surface area contributed by atoms with E-state index in [-0.39, 0.29) is 6.61 Å². The molecule has 72 valence electrons. The van der Waals surface area contributed by atoms with Crippen LogP contribution < -0.4 is 5.32 Å². The van der Waals surface area contributed by atoms with Crippen LogP contribution in [0.3, 0.4) is 0 Å². The molecule has 1 aliphatic carbocycles. The Morgan fingerprint density at radius 2 is 2.25 bits per heavy atom. The third kappa shape index (κ3) is 2.46. The number of hydrogen-bond acceptors (Lipinski definition) is 2. The molecule has 2 heteroatoms. The van der Waals surface area contributed by atoms with Crippen LogP contribution in [0.1, 0.15) is 33.1 Å². The first kappa shape index (κ1) is 10.0. The summed E-state index contributed by atoms with van der Waals surface area (Å²) in [4.78, 5) is 0. The zero-order chi connectivity index (χ0) is 9.03. The Labute approximate surface area is 75.4 Å². The fourth-order valence-electron chi connectivity index (χ4n) is 2.13. The lowest BCUT2D eigenvalue weighted by molar-refractivity contribution is 0.238. The number of aliphatic hydroxyl groups excluding tert-OH is 1. The molecule has 0 radical (unpaired) electrons. The summed E-state index contributed by atoms with van der Waals surface area (Å²) in [6.45, 7) is 6.78. The maximum Gasteiger partial charge on any atom is 0.0555 e. The molecule has 1 unspecified atom stereocenters. The first-order valence-electron chi connectivity index (χ1n) is 4.98. The van der Waals surface area contributed by atoms with Gasteiger partial charge in [-0.05, 0) is 30.7 Å². The Morgan fingerprint density at radius 3 is 2.75 bits per heavy atom. The quantitative estimate of drug-likeness (QED) is 0.627. The van der Waals surface area contributed by atoms with Crippen molar-refractivity contribution in [2.75, 3.05) is 19.7 Å². The van der Waals surface area contributed by atoms with E-state index in [4.69, 9.17) is 5.11 Å². The van der Waals surface area contributed by atoms with Crippen molar-refractivity contribution in [2.24, 2.45) is 11.3 Å². The van der Waals surface area contributed by atoms with Crippen LogP contribution >= 0.6 is 0 Å². The molecule has 0 aliphatic heterocycles. The average Bonchev–Trinajstić information content (AvgIpc) is 2.32. The van der Waals surface area contributed by atoms with E-state index in [1.54, 1.807) is 0 Å². The van der Waals surface area contributed by atoms with Crippen LogP contribution in [0.5, 0.6) is 0 Å². The van der Waals surface area contributed by atoms with Crippen LogP contribution in [0.2, 0.25) is 0 Å². The minimum atomic E-state index is 0.257. The van der Waals surface area contributed by atoms with Gasteiger partial charge in [-0.15, -0.1) is 0 Å². The van der Waals surface area contributed by atoms with E-state index in [0.717, 1.165) is 19.0 Å². The normalized spacial score (nSPS) is 27.8. The maximum atomic E-state index is 8.61. The molecule has 0 amide bonds. The molecule has 0 bridgehead atoms. The molecule has 1 rings (SSSR count). The molecule has 2 nitrogen and oxygen atoms in total. The van der Waals surface area contributed by atoms with Crippen molar-refractivity contribution in [3.05, 3.63) is 0 Å². The second-order valence-electron chi connectivity index (χ2n) is 4.51. The molecule has 1 aliphatic rings. The van der Waals surface area contributed by atoms with Crippen molar-refractivity contribution in [1.82, 2.24) is 5.32 Å². The number of nitrogens with one attached hydrogen (secondary N) is 1. The first-order valence-corrected chi connectivity index (χ1v) is 4.98. The third-order valence-corrected chi connectivity index (χ3v) is 3.16. The Balaban J connectivity index is 2.22. The van der Waals surface area contributed by atoms with Gasteiger partial charge in [0.25, 0.3) is 0 Å². The smallest absolute Gasteiger partial charge is 0.0555 e. The highest BCUT2D eigenvalue weighted by atomic mass is 16.3. The van der Waals surface area contributed by atoms with E-state index < -0.39 is 0 Å². The van der Waals surface area contributed by atoms with Gasteiger partial charge in [0.15, 0.2) is 0 Å². The molecule has 1 fully saturated rings. The summed E-state index contributed by atoms with van der Waals surface area (Å²) in [7, 11) is 0. The van der Waals surface area contributed by atoms with E-state index >= 15 is 0 Å². The lowest BCUT2D eigenvalue weighted by Gasteiger charge is -2.27. The molecule has 2 N–H and O–H groups in total. The number of rotatable bonds is 4. The number of hydrogen-bond donors (Lipinski definition) is 2. The third-order valence-electron chi connectivity index (χ3n) is 3.16. The van der Waals surface area contributed by atoms with Crippen molar-refractivity contribution < 1.29 is 5.11 Å². The van der Waals surface area contributed by atoms with Gasteiger partial charge in [-0.1, -0.05) is 20.3 Å². The summed E-state index contributed by atoms with van der Waals surface area (Å²) in [5.74, 6) is 0.809. The van der Waals surface area contributed by atoms with E-state index in [0.29, 0.717) is 5.41 Å². The van der Waals surface area contributed by atoms with Gasteiger partial charge < -0.3 is 10.4 Å². The Bertz CT molecular complexity index is 134. The fraction of sp³-hybridized carbons (Fsp3) is 1.00. The molecule has 0 aromatic rings. The van der Waals surface area contributed by atoms with Gasteiger partial charge in [-0.2, -0.15) is 0 Å². The molecule has 0 aromatic heterocycles. The summed E-state index contributed by atoms with van der Waals surface area (Å²) < 4.78 is 0. The van der Waals surface area contributed by atoms with Crippen LogP contribution in [-0.2, 0) is 0 Å². The van der Waals surface area contributed by atoms with Crippen molar-refractivity contribution in [3.63, 3.8) is 0 Å². The standard InChI is InChI=1S/C10H21NO/c1-10(2)5-3-4-9(10)8-11-6-7-12/h9,11-12H,3-8H2,1-2H3. The zero-order valence-electron chi connectivity index (χ0n) is 8.27. The number of aliphatic hydroxyl groups is 1. The van der Waals surface area contributed by atoms with Crippen LogP contribution in [0, 0.1) is 11.3 Å². The van der Waals surface area contributed by atoms with E-state index in [9.17, 15) is 0 Å². The van der Waals surface area contributed by atoms with E-state index in [1.807, 2.05) is 0 Å². The zero-order valence-corrected chi connectivity index (χ0v) is 8.27. The van der Waals surface area contributed by atoms with Crippen LogP contribution in [0.15, 0.2) is 0 Å². The molecule has 1 atom stereocenters. The van der Waals surface area contributed by atoms with Crippen LogP contribution in [0.4, 0.5) is 0 Å². The molecule has 12 heavy (non-hydrogen) atoms. The Morgan fingerprint density at radius 1 is 1.50 bits per heavy atom. The average molecular weight is 171 g/mol. The summed E-state index contributed by atoms with van der Waals surface area (Å²) in [6.07, 6.45) is 4.09. The van der Waals surface area contributed by atoms with E-state index in [2.05, 4.69) is 19.2 Å². The molecule has 0 saturated heterocycles. The predicted octanol–water partition coefficient (Wildman–Crippen LogP) is 1.39. The molecule has 0 aromatic carbocycles. The molecular formula is C10H21NO. The second kappa shape index (κ2) is 4.24. The largest absolute Gasteiger partial charge is 0.395 e. The van der Waals surface area contributed by atoms with Gasteiger partial charge >= 0.3 is 0 Å². The first-order chi connectivity index (χ1) is 5.67. The van der Waals surface area contributed by atoms with Gasteiger partial charge in [0.1, 0.15) is 0 Å². The van der Waals surface area contributed by atoms with Gasteiger partial charge in [0, 0.05) is 6.54 Å². The van der Waals surface area contributed by atoms with Gasteiger partial charge in [0.2, 0.25) is 0 Å². The van der Waals surface area contributed by atoms with Crippen molar-refractivity contribution >= 4 is 0 Å². The van der Waals surface area contributed by atoms with Crippen molar-refractivity contribution in [3.8, 4) is 0 Å². The highest BCUT2D eigenvalue weighted by Crippen LogP contribution is 2.41. The van der Waals surface area contributed by atoms with Crippen molar-refractivity contribution in [2.45, 2.75) is 33.1 Å². The van der Waals surface area contributed by atoms with Crippen molar-refractivity contribution in [1.29, 1.82) is 0 Å². The van der Waals surface area contributed by atoms with Crippen LogP contribution in [0.25, 0.3) is 0 Å². The summed E-state index contributed by atoms with van der Waals surface area (Å²) in [5.41, 5.74) is 0.516. The SMILES string of the molecule is CC1(C)CCCC1CNCCO. The highest BCUT2D eigenvalue weighted by Gasteiger charge is 2.33. The fourth-order valence-corrected chi connectivity index (χ4v) is 2.13. The molecular weight excluding hydrogens is 150 g/mol. The topological polar surface area (TPSA) is 32.3 Å². The maximum absolute atomic E-state index is 8.61. The lowest BCUT2D eigenvalue weighted by Crippen LogP contribution is -2.31. The van der Waals surface area contributed by atoms with Gasteiger partial charge in [-0.3, -0.25) is 0 Å². The van der Waals surface area contributed by atoms with Crippen LogP contribution in [-0.4, -0.2) is 24.8 Å².